The van der Waals surface area contributed by atoms with Gasteiger partial charge in [0.25, 0.3) is 0 Å². The number of aromatic amines is 1. The highest BCUT2D eigenvalue weighted by atomic mass is 35.5. The molecule has 0 radical (unpaired) electrons. The van der Waals surface area contributed by atoms with Gasteiger partial charge in [-0.2, -0.15) is 0 Å². The van der Waals surface area contributed by atoms with Gasteiger partial charge in [0, 0.05) is 28.9 Å². The van der Waals surface area contributed by atoms with E-state index in [2.05, 4.69) is 46.5 Å². The number of amides is 1. The molecular weight excluding hydrogens is 334 g/mol. The van der Waals surface area contributed by atoms with Crippen LogP contribution in [0, 0.1) is 5.41 Å². The summed E-state index contributed by atoms with van der Waals surface area (Å²) >= 11 is 6.45. The number of hydrogen-bond acceptors (Lipinski definition) is 2. The lowest BCUT2D eigenvalue weighted by Crippen LogP contribution is -2.52. The topological polar surface area (TPSA) is 48.1 Å². The third-order valence-electron chi connectivity index (χ3n) is 5.34. The lowest BCUT2D eigenvalue weighted by molar-refractivity contribution is -0.129. The van der Waals surface area contributed by atoms with Crippen molar-refractivity contribution in [1.29, 1.82) is 0 Å². The maximum absolute atomic E-state index is 12.4. The number of carbonyl (C=O) groups excluding carboxylic acids is 1. The van der Waals surface area contributed by atoms with Crippen LogP contribution < -0.4 is 5.32 Å². The van der Waals surface area contributed by atoms with E-state index < -0.39 is 0 Å². The number of likely N-dealkylation sites (N-methyl/N-ethyl adjacent to an activating group) is 1. The van der Waals surface area contributed by atoms with Crippen LogP contribution >= 0.6 is 11.6 Å². The second-order valence-electron chi connectivity index (χ2n) is 8.26. The predicted molar refractivity (Wildman–Crippen MR) is 103 cm³/mol. The Morgan fingerprint density at radius 1 is 1.36 bits per heavy atom. The van der Waals surface area contributed by atoms with Gasteiger partial charge in [-0.1, -0.05) is 50.6 Å². The lowest BCUT2D eigenvalue weighted by Gasteiger charge is -2.40. The van der Waals surface area contributed by atoms with Crippen LogP contribution in [-0.4, -0.2) is 41.5 Å². The molecule has 0 bridgehead atoms. The van der Waals surface area contributed by atoms with E-state index in [4.69, 9.17) is 11.6 Å². The maximum atomic E-state index is 12.4. The molecule has 2 N–H and O–H groups in total. The summed E-state index contributed by atoms with van der Waals surface area (Å²) in [5.41, 5.74) is 4.43. The summed E-state index contributed by atoms with van der Waals surface area (Å²) in [4.78, 5) is 18.0. The van der Waals surface area contributed by atoms with Crippen molar-refractivity contribution >= 4 is 34.0 Å². The van der Waals surface area contributed by atoms with Crippen LogP contribution in [0.4, 0.5) is 0 Å². The zero-order valence-electron chi connectivity index (χ0n) is 15.1. The molecule has 2 atom stereocenters. The Kier molecular flexibility index (Phi) is 3.74. The monoisotopic (exact) mass is 357 g/mol. The molecule has 1 aliphatic carbocycles. The van der Waals surface area contributed by atoms with Crippen LogP contribution in [0.1, 0.15) is 31.9 Å². The third-order valence-corrected chi connectivity index (χ3v) is 5.66. The Morgan fingerprint density at radius 2 is 2.12 bits per heavy atom. The van der Waals surface area contributed by atoms with Gasteiger partial charge < -0.3 is 10.3 Å². The fourth-order valence-electron chi connectivity index (χ4n) is 3.97. The number of halogens is 1. The van der Waals surface area contributed by atoms with Gasteiger partial charge >= 0.3 is 0 Å². The second kappa shape index (κ2) is 5.61. The highest BCUT2D eigenvalue weighted by Crippen LogP contribution is 2.42. The summed E-state index contributed by atoms with van der Waals surface area (Å²) < 4.78 is 0. The quantitative estimate of drug-likeness (QED) is 0.819. The zero-order chi connectivity index (χ0) is 17.9. The molecule has 1 aromatic carbocycles. The fourth-order valence-corrected chi connectivity index (χ4v) is 4.25. The summed E-state index contributed by atoms with van der Waals surface area (Å²) in [6.07, 6.45) is 3.14. The SMILES string of the molecule is CN1C[C@@H](NC(=O)C(C)(C)C)C=C2c3cccc4[nH]c(Cl)c(c34)C[C@H]21. The van der Waals surface area contributed by atoms with E-state index in [1.54, 1.807) is 0 Å². The number of H-pyrrole nitrogens is 1. The molecule has 1 aliphatic heterocycles. The van der Waals surface area contributed by atoms with E-state index in [9.17, 15) is 4.79 Å². The summed E-state index contributed by atoms with van der Waals surface area (Å²) in [7, 11) is 2.12. The van der Waals surface area contributed by atoms with E-state index in [-0.39, 0.29) is 17.4 Å². The standard InChI is InChI=1S/C20H24ClN3O/c1-20(2,3)19(25)22-11-8-13-12-6-5-7-15-17(12)14(18(21)23-15)9-16(13)24(4)10-11/h5-8,11,16,23H,9-10H2,1-4H3,(H,22,25)/t11-,16+/m0/s1. The molecule has 1 aromatic heterocycles. The number of benzene rings is 1. The lowest BCUT2D eigenvalue weighted by atomic mass is 9.81. The van der Waals surface area contributed by atoms with Gasteiger partial charge in [0.2, 0.25) is 5.91 Å². The van der Waals surface area contributed by atoms with Gasteiger partial charge in [-0.25, -0.2) is 0 Å². The summed E-state index contributed by atoms with van der Waals surface area (Å²) in [6, 6.07) is 6.62. The van der Waals surface area contributed by atoms with Crippen LogP contribution in [0.5, 0.6) is 0 Å². The molecule has 0 spiro atoms. The molecule has 1 amide bonds. The van der Waals surface area contributed by atoms with E-state index in [0.29, 0.717) is 6.04 Å². The molecule has 0 fully saturated rings. The maximum Gasteiger partial charge on any atom is 0.225 e. The molecule has 0 saturated carbocycles. The first kappa shape index (κ1) is 16.7. The van der Waals surface area contributed by atoms with Crippen molar-refractivity contribution in [3.8, 4) is 0 Å². The minimum Gasteiger partial charge on any atom is -0.348 e. The van der Waals surface area contributed by atoms with Gasteiger partial charge in [-0.3, -0.25) is 9.69 Å². The van der Waals surface area contributed by atoms with Crippen LogP contribution in [-0.2, 0) is 11.2 Å². The van der Waals surface area contributed by atoms with Crippen LogP contribution in [0.3, 0.4) is 0 Å². The van der Waals surface area contributed by atoms with Gasteiger partial charge in [-0.05, 0) is 36.2 Å². The number of nitrogens with zero attached hydrogens (tertiary/aromatic N) is 1. The molecule has 2 heterocycles. The van der Waals surface area contributed by atoms with Crippen LogP contribution in [0.15, 0.2) is 24.3 Å². The molecule has 4 nitrogen and oxygen atoms in total. The van der Waals surface area contributed by atoms with E-state index in [1.807, 2.05) is 20.8 Å². The minimum atomic E-state index is -0.387. The highest BCUT2D eigenvalue weighted by Gasteiger charge is 2.35. The van der Waals surface area contributed by atoms with Crippen molar-refractivity contribution < 1.29 is 4.79 Å². The molecular formula is C20H24ClN3O. The minimum absolute atomic E-state index is 0.0224. The summed E-state index contributed by atoms with van der Waals surface area (Å²) in [6.45, 7) is 6.64. The normalized spacial score (nSPS) is 23.3. The van der Waals surface area contributed by atoms with Crippen molar-refractivity contribution in [1.82, 2.24) is 15.2 Å². The van der Waals surface area contributed by atoms with Crippen LogP contribution in [0.2, 0.25) is 5.15 Å². The number of hydrogen-bond donors (Lipinski definition) is 2. The third kappa shape index (κ3) is 2.68. The van der Waals surface area contributed by atoms with Gasteiger partial charge in [0.05, 0.1) is 6.04 Å². The molecule has 5 heteroatoms. The predicted octanol–water partition coefficient (Wildman–Crippen LogP) is 3.61. The Labute approximate surface area is 153 Å². The summed E-state index contributed by atoms with van der Waals surface area (Å²) in [5.74, 6) is 0.0839. The molecule has 25 heavy (non-hydrogen) atoms. The molecule has 2 aromatic rings. The van der Waals surface area contributed by atoms with Gasteiger partial charge in [0.1, 0.15) is 5.15 Å². The average Bonchev–Trinajstić information content (AvgIpc) is 2.85. The fraction of sp³-hybridized carbons (Fsp3) is 0.450. The van der Waals surface area contributed by atoms with Crippen molar-refractivity contribution in [3.63, 3.8) is 0 Å². The molecule has 0 saturated heterocycles. The number of fused-ring (bicyclic) bond motifs is 2. The Bertz CT molecular complexity index is 890. The molecule has 132 valence electrons. The number of carbonyl (C=O) groups is 1. The first-order chi connectivity index (χ1) is 11.8. The average molecular weight is 358 g/mol. The van der Waals surface area contributed by atoms with Crippen LogP contribution in [0.25, 0.3) is 16.5 Å². The first-order valence-electron chi connectivity index (χ1n) is 8.78. The second-order valence-corrected chi connectivity index (χ2v) is 8.64. The zero-order valence-corrected chi connectivity index (χ0v) is 15.9. The Hall–Kier alpha value is -1.78. The van der Waals surface area contributed by atoms with Crippen molar-refractivity contribution in [2.75, 3.05) is 13.6 Å². The summed E-state index contributed by atoms with van der Waals surface area (Å²) in [5, 5.41) is 5.17. The Morgan fingerprint density at radius 3 is 2.84 bits per heavy atom. The van der Waals surface area contributed by atoms with E-state index in [0.717, 1.165) is 23.6 Å². The number of nitrogens with one attached hydrogen (secondary N) is 2. The number of rotatable bonds is 1. The molecule has 4 rings (SSSR count). The van der Waals surface area contributed by atoms with Gasteiger partial charge in [0.15, 0.2) is 0 Å². The number of aromatic nitrogens is 1. The van der Waals surface area contributed by atoms with Crippen molar-refractivity contribution in [2.45, 2.75) is 39.3 Å². The largest absolute Gasteiger partial charge is 0.348 e. The van der Waals surface area contributed by atoms with Crippen molar-refractivity contribution in [2.24, 2.45) is 5.41 Å². The smallest absolute Gasteiger partial charge is 0.225 e. The van der Waals surface area contributed by atoms with E-state index >= 15 is 0 Å². The Balaban J connectivity index is 1.78. The molecule has 0 unspecified atom stereocenters. The van der Waals surface area contributed by atoms with Crippen molar-refractivity contribution in [3.05, 3.63) is 40.6 Å². The highest BCUT2D eigenvalue weighted by molar-refractivity contribution is 6.32. The first-order valence-corrected chi connectivity index (χ1v) is 9.16. The van der Waals surface area contributed by atoms with Gasteiger partial charge in [-0.15, -0.1) is 0 Å². The van der Waals surface area contributed by atoms with E-state index in [1.165, 1.54) is 22.1 Å². The molecule has 2 aliphatic rings.